The van der Waals surface area contributed by atoms with Gasteiger partial charge in [-0.15, -0.1) is 0 Å². The lowest BCUT2D eigenvalue weighted by Crippen LogP contribution is -2.40. The van der Waals surface area contributed by atoms with Gasteiger partial charge in [-0.05, 0) is 24.3 Å². The number of methoxy groups -OCH3 is 1. The van der Waals surface area contributed by atoms with Crippen molar-refractivity contribution in [3.8, 4) is 28.7 Å². The molecule has 2 aliphatic rings. The topological polar surface area (TPSA) is 139 Å². The van der Waals surface area contributed by atoms with Gasteiger partial charge < -0.3 is 42.6 Å². The van der Waals surface area contributed by atoms with E-state index in [1.807, 2.05) is 0 Å². The molecule has 1 saturated heterocycles. The first-order valence-electron chi connectivity index (χ1n) is 10.9. The minimum absolute atomic E-state index is 0.0307. The molecule has 13 heteroatoms. The van der Waals surface area contributed by atoms with Crippen LogP contribution in [0.4, 0.5) is 0 Å². The van der Waals surface area contributed by atoms with Crippen molar-refractivity contribution in [1.82, 2.24) is 4.90 Å². The lowest BCUT2D eigenvalue weighted by atomic mass is 10.1. The van der Waals surface area contributed by atoms with Crippen molar-refractivity contribution < 1.29 is 50.9 Å². The molecule has 2 aliphatic heterocycles. The molecule has 2 aromatic rings. The number of rotatable bonds is 10. The fourth-order valence-electron chi connectivity index (χ4n) is 3.41. The summed E-state index contributed by atoms with van der Waals surface area (Å²) in [5.74, 6) is -0.347. The van der Waals surface area contributed by atoms with Gasteiger partial charge in [0, 0.05) is 18.7 Å². The largest absolute Gasteiger partial charge is 0.493 e. The van der Waals surface area contributed by atoms with E-state index in [4.69, 9.17) is 32.6 Å². The number of amides is 1. The first kappa shape index (κ1) is 25.4. The van der Waals surface area contributed by atoms with E-state index in [2.05, 4.69) is 0 Å². The number of morpholine rings is 1. The van der Waals surface area contributed by atoms with E-state index >= 15 is 0 Å². The quantitative estimate of drug-likeness (QED) is 0.456. The highest BCUT2D eigenvalue weighted by atomic mass is 32.2. The maximum atomic E-state index is 13.2. The third-order valence-corrected chi connectivity index (χ3v) is 6.20. The molecule has 0 bridgehead atoms. The van der Waals surface area contributed by atoms with Crippen LogP contribution in [-0.4, -0.2) is 77.8 Å². The highest BCUT2D eigenvalue weighted by molar-refractivity contribution is 7.90. The van der Waals surface area contributed by atoms with E-state index < -0.39 is 21.1 Å². The average molecular weight is 524 g/mol. The van der Waals surface area contributed by atoms with Crippen molar-refractivity contribution in [3.05, 3.63) is 53.3 Å². The Morgan fingerprint density at radius 3 is 2.47 bits per heavy atom. The summed E-state index contributed by atoms with van der Waals surface area (Å²) in [6.07, 6.45) is 0.905. The van der Waals surface area contributed by atoms with E-state index in [-0.39, 0.29) is 48.6 Å². The fourth-order valence-corrected chi connectivity index (χ4v) is 4.23. The van der Waals surface area contributed by atoms with Gasteiger partial charge in [-0.25, -0.2) is 0 Å². The second kappa shape index (κ2) is 11.4. The van der Waals surface area contributed by atoms with Gasteiger partial charge in [-0.3, -0.25) is 4.79 Å². The second-order valence-corrected chi connectivity index (χ2v) is 8.91. The Morgan fingerprint density at radius 2 is 1.81 bits per heavy atom. The van der Waals surface area contributed by atoms with Crippen molar-refractivity contribution in [1.29, 1.82) is 0 Å². The van der Waals surface area contributed by atoms with Crippen LogP contribution in [0.2, 0.25) is 0 Å². The number of para-hydroxylation sites is 2. The number of hydrogen-bond donors (Lipinski definition) is 1. The van der Waals surface area contributed by atoms with Gasteiger partial charge >= 0.3 is 10.1 Å². The molecule has 0 spiro atoms. The summed E-state index contributed by atoms with van der Waals surface area (Å²) < 4.78 is 63.1. The summed E-state index contributed by atoms with van der Waals surface area (Å²) in [5.41, 5.74) is 0.0833. The molecule has 194 valence electrons. The summed E-state index contributed by atoms with van der Waals surface area (Å²) >= 11 is 0. The Hall–Kier alpha value is -3.68. The van der Waals surface area contributed by atoms with E-state index in [9.17, 15) is 18.3 Å². The van der Waals surface area contributed by atoms with Gasteiger partial charge in [0.2, 0.25) is 12.5 Å². The van der Waals surface area contributed by atoms with E-state index in [1.54, 1.807) is 29.2 Å². The minimum Gasteiger partial charge on any atom is -0.493 e. The molecule has 0 unspecified atom stereocenters. The lowest BCUT2D eigenvalue weighted by molar-refractivity contribution is 0.0302. The van der Waals surface area contributed by atoms with E-state index in [1.165, 1.54) is 19.2 Å². The molecule has 1 N–H and O–H groups in total. The molecular formula is C23H25NO11S. The van der Waals surface area contributed by atoms with Gasteiger partial charge in [0.25, 0.3) is 11.0 Å². The fraction of sp³-hybridized carbons (Fsp3) is 0.348. The van der Waals surface area contributed by atoms with Crippen LogP contribution in [0, 0.1) is 0 Å². The Bertz CT molecular complexity index is 1220. The van der Waals surface area contributed by atoms with Gasteiger partial charge in [-0.1, -0.05) is 12.1 Å². The molecule has 1 fully saturated rings. The van der Waals surface area contributed by atoms with Crippen LogP contribution in [0.25, 0.3) is 0 Å². The number of carbonyl (C=O) groups excluding carboxylic acids is 1. The highest BCUT2D eigenvalue weighted by Gasteiger charge is 2.31. The molecule has 2 heterocycles. The van der Waals surface area contributed by atoms with Crippen molar-refractivity contribution in [2.75, 3.05) is 53.4 Å². The standard InChI is InChI=1S/C23H25NO11S/c1-29-17-4-2-3-5-18(17)34-22-19(32-11-8-25)12-16(23(26)24-6-9-30-10-7-24)13-20(22)35-36(27,28)21-14-31-15-33-21/h2-5,12-14,25H,6-11,15H2,1H3. The first-order chi connectivity index (χ1) is 17.4. The monoisotopic (exact) mass is 523 g/mol. The Labute approximate surface area is 207 Å². The number of ether oxygens (including phenoxy) is 6. The van der Waals surface area contributed by atoms with Crippen LogP contribution in [0.3, 0.4) is 0 Å². The minimum atomic E-state index is -4.50. The molecule has 0 aromatic heterocycles. The molecule has 0 radical (unpaired) electrons. The Balaban J connectivity index is 1.81. The smallest absolute Gasteiger partial charge is 0.376 e. The van der Waals surface area contributed by atoms with Crippen LogP contribution in [0.15, 0.2) is 47.8 Å². The zero-order valence-electron chi connectivity index (χ0n) is 19.4. The molecule has 4 rings (SSSR count). The number of carbonyl (C=O) groups is 1. The summed E-state index contributed by atoms with van der Waals surface area (Å²) in [6, 6.07) is 9.29. The van der Waals surface area contributed by atoms with Crippen LogP contribution in [0.1, 0.15) is 10.4 Å². The summed E-state index contributed by atoms with van der Waals surface area (Å²) in [4.78, 5) is 14.8. The van der Waals surface area contributed by atoms with Crippen LogP contribution in [0.5, 0.6) is 28.7 Å². The van der Waals surface area contributed by atoms with Gasteiger partial charge in [0.05, 0.1) is 26.9 Å². The van der Waals surface area contributed by atoms with Gasteiger partial charge in [0.1, 0.15) is 12.9 Å². The molecule has 2 aromatic carbocycles. The molecule has 0 atom stereocenters. The van der Waals surface area contributed by atoms with Crippen molar-refractivity contribution >= 4 is 16.0 Å². The van der Waals surface area contributed by atoms with Crippen LogP contribution < -0.4 is 18.4 Å². The molecule has 0 saturated carbocycles. The van der Waals surface area contributed by atoms with Crippen LogP contribution >= 0.6 is 0 Å². The van der Waals surface area contributed by atoms with E-state index in [0.717, 1.165) is 6.26 Å². The van der Waals surface area contributed by atoms with E-state index in [0.29, 0.717) is 32.1 Å². The summed E-state index contributed by atoms with van der Waals surface area (Å²) in [6.45, 7) is 0.669. The Kier molecular flexibility index (Phi) is 8.03. The second-order valence-electron chi connectivity index (χ2n) is 7.43. The Morgan fingerprint density at radius 1 is 1.08 bits per heavy atom. The first-order valence-corrected chi connectivity index (χ1v) is 12.3. The number of benzene rings is 2. The summed E-state index contributed by atoms with van der Waals surface area (Å²) in [7, 11) is -3.05. The zero-order chi connectivity index (χ0) is 25.5. The number of nitrogens with zero attached hydrogens (tertiary/aromatic N) is 1. The average Bonchev–Trinajstić information content (AvgIpc) is 3.45. The maximum Gasteiger partial charge on any atom is 0.376 e. The third-order valence-electron chi connectivity index (χ3n) is 5.09. The molecule has 1 amide bonds. The highest BCUT2D eigenvalue weighted by Crippen LogP contribution is 2.45. The molecular weight excluding hydrogens is 498 g/mol. The third kappa shape index (κ3) is 5.75. The van der Waals surface area contributed by atoms with Gasteiger partial charge in [-0.2, -0.15) is 8.42 Å². The maximum absolute atomic E-state index is 13.2. The van der Waals surface area contributed by atoms with Gasteiger partial charge in [0.15, 0.2) is 23.0 Å². The van der Waals surface area contributed by atoms with Crippen molar-refractivity contribution in [3.63, 3.8) is 0 Å². The number of aliphatic hydroxyl groups excluding tert-OH is 1. The predicted molar refractivity (Wildman–Crippen MR) is 123 cm³/mol. The number of aliphatic hydroxyl groups is 1. The summed E-state index contributed by atoms with van der Waals surface area (Å²) in [5, 5.41) is 8.78. The van der Waals surface area contributed by atoms with Crippen molar-refractivity contribution in [2.45, 2.75) is 0 Å². The predicted octanol–water partition coefficient (Wildman–Crippen LogP) is 1.84. The lowest BCUT2D eigenvalue weighted by Gasteiger charge is -2.27. The molecule has 0 aliphatic carbocycles. The van der Waals surface area contributed by atoms with Crippen molar-refractivity contribution in [2.24, 2.45) is 0 Å². The SMILES string of the molecule is COc1ccccc1Oc1c(OCCO)cc(C(=O)N2CCOCC2)cc1OS(=O)(=O)C1=COCO1. The molecule has 36 heavy (non-hydrogen) atoms. The number of hydrogen-bond acceptors (Lipinski definition) is 11. The van der Waals surface area contributed by atoms with Crippen LogP contribution in [-0.2, 0) is 24.3 Å². The normalized spacial score (nSPS) is 15.4. The zero-order valence-corrected chi connectivity index (χ0v) is 20.2. The molecule has 12 nitrogen and oxygen atoms in total.